The number of nitrogens with one attached hydrogen (secondary N) is 1. The summed E-state index contributed by atoms with van der Waals surface area (Å²) in [7, 11) is 1.63. The van der Waals surface area contributed by atoms with Gasteiger partial charge in [-0.2, -0.15) is 0 Å². The topological polar surface area (TPSA) is 60.3 Å². The summed E-state index contributed by atoms with van der Waals surface area (Å²) < 4.78 is 6.74. The van der Waals surface area contributed by atoms with Crippen molar-refractivity contribution in [3.63, 3.8) is 0 Å². The van der Waals surface area contributed by atoms with Crippen molar-refractivity contribution in [2.75, 3.05) is 19.0 Å². The molecule has 1 N–H and O–H groups in total. The van der Waals surface area contributed by atoms with Gasteiger partial charge in [-0.15, -0.1) is 0 Å². The van der Waals surface area contributed by atoms with E-state index in [0.717, 1.165) is 35.8 Å². The first kappa shape index (κ1) is 17.0. The maximum atomic E-state index is 13.3. The summed E-state index contributed by atoms with van der Waals surface area (Å²) >= 11 is 0. The number of nitrogens with zero attached hydrogens (tertiary/aromatic N) is 1. The van der Waals surface area contributed by atoms with Crippen LogP contribution in [0.4, 0.5) is 5.69 Å². The molecule has 4 aliphatic carbocycles. The van der Waals surface area contributed by atoms with Crippen LogP contribution in [0.25, 0.3) is 10.8 Å². The molecule has 1 aromatic carbocycles. The molecule has 0 saturated heterocycles. The van der Waals surface area contributed by atoms with Crippen LogP contribution in [0.15, 0.2) is 35.3 Å². The van der Waals surface area contributed by atoms with Gasteiger partial charge < -0.3 is 14.6 Å². The van der Waals surface area contributed by atoms with Crippen molar-refractivity contribution < 1.29 is 9.53 Å². The molecule has 4 atom stereocenters. The fourth-order valence-electron chi connectivity index (χ4n) is 6.21. The number of ether oxygens (including phenoxy) is 1. The number of aromatic nitrogens is 1. The van der Waals surface area contributed by atoms with Crippen molar-refractivity contribution in [2.45, 2.75) is 38.6 Å². The highest BCUT2D eigenvalue weighted by Gasteiger charge is 2.61. The Hall–Kier alpha value is -2.14. The Morgan fingerprint density at radius 2 is 1.96 bits per heavy atom. The van der Waals surface area contributed by atoms with Gasteiger partial charge >= 0.3 is 0 Å². The number of hydrogen-bond acceptors (Lipinski definition) is 3. The Balaban J connectivity index is 1.46. The van der Waals surface area contributed by atoms with Gasteiger partial charge in [0.1, 0.15) is 0 Å². The Bertz CT molecular complexity index is 950. The van der Waals surface area contributed by atoms with E-state index in [1.54, 1.807) is 17.9 Å². The van der Waals surface area contributed by atoms with E-state index in [9.17, 15) is 9.59 Å². The van der Waals surface area contributed by atoms with Gasteiger partial charge in [0.25, 0.3) is 5.56 Å². The van der Waals surface area contributed by atoms with Crippen LogP contribution in [-0.4, -0.2) is 24.2 Å². The minimum atomic E-state index is -0.163. The number of amides is 1. The summed E-state index contributed by atoms with van der Waals surface area (Å²) in [5.74, 6) is 2.22. The van der Waals surface area contributed by atoms with Crippen molar-refractivity contribution in [1.82, 2.24) is 4.57 Å². The molecule has 4 fully saturated rings. The van der Waals surface area contributed by atoms with Crippen molar-refractivity contribution in [3.05, 3.63) is 40.8 Å². The molecule has 5 heteroatoms. The van der Waals surface area contributed by atoms with Gasteiger partial charge in [0.2, 0.25) is 5.91 Å². The maximum Gasteiger partial charge on any atom is 0.258 e. The summed E-state index contributed by atoms with van der Waals surface area (Å²) in [5.41, 5.74) is 0.553. The predicted molar refractivity (Wildman–Crippen MR) is 105 cm³/mol. The van der Waals surface area contributed by atoms with Gasteiger partial charge in [-0.1, -0.05) is 6.07 Å². The molecule has 4 bridgehead atoms. The van der Waals surface area contributed by atoms with E-state index < -0.39 is 0 Å². The second kappa shape index (κ2) is 6.20. The number of fused-ring (bicyclic) bond motifs is 1. The lowest BCUT2D eigenvalue weighted by molar-refractivity contribution is -0.127. The monoisotopic (exact) mass is 366 g/mol. The minimum absolute atomic E-state index is 0.0420. The lowest BCUT2D eigenvalue weighted by atomic mass is 9.75. The van der Waals surface area contributed by atoms with E-state index in [1.165, 1.54) is 19.3 Å². The van der Waals surface area contributed by atoms with Crippen LogP contribution in [0.2, 0.25) is 0 Å². The van der Waals surface area contributed by atoms with Gasteiger partial charge in [0, 0.05) is 36.3 Å². The third-order valence-electron chi connectivity index (χ3n) is 7.24. The number of carbonyl (C=O) groups excluding carboxylic acids is 1. The van der Waals surface area contributed by atoms with Crippen molar-refractivity contribution in [3.8, 4) is 0 Å². The van der Waals surface area contributed by atoms with E-state index in [1.807, 2.05) is 24.3 Å². The number of methoxy groups -OCH3 is 1. The second-order valence-electron chi connectivity index (χ2n) is 8.73. The molecule has 1 amide bonds. The first-order chi connectivity index (χ1) is 13.1. The first-order valence-electron chi connectivity index (χ1n) is 10.0. The van der Waals surface area contributed by atoms with E-state index in [0.29, 0.717) is 24.5 Å². The van der Waals surface area contributed by atoms with Crippen LogP contribution in [0.1, 0.15) is 32.1 Å². The number of hydrogen-bond donors (Lipinski definition) is 1. The highest BCUT2D eigenvalue weighted by Crippen LogP contribution is 2.65. The fourth-order valence-corrected chi connectivity index (χ4v) is 6.21. The average molecular weight is 366 g/mol. The molecular weight excluding hydrogens is 340 g/mol. The lowest BCUT2D eigenvalue weighted by Crippen LogP contribution is -2.37. The third-order valence-corrected chi connectivity index (χ3v) is 7.24. The summed E-state index contributed by atoms with van der Waals surface area (Å²) in [6.45, 7) is 1.02. The van der Waals surface area contributed by atoms with Crippen LogP contribution < -0.4 is 10.9 Å². The SMILES string of the molecule is COCCn1ccc2c(NC(=O)[C@@]34C[C@@H]5C[C@@H](C[C@@H]3C5)C4)cccc2c1=O. The molecule has 1 heterocycles. The first-order valence-corrected chi connectivity index (χ1v) is 10.0. The molecular formula is C22H26N2O3. The van der Waals surface area contributed by atoms with Gasteiger partial charge in [-0.05, 0) is 68.1 Å². The molecule has 4 aliphatic rings. The summed E-state index contributed by atoms with van der Waals surface area (Å²) in [5, 5.41) is 4.67. The number of pyridine rings is 1. The number of carbonyl (C=O) groups is 1. The van der Waals surface area contributed by atoms with Gasteiger partial charge in [0.15, 0.2) is 0 Å². The standard InChI is InChI=1S/C22H26N2O3/c1-27-8-7-24-6-5-17-18(20(24)25)3-2-4-19(17)23-21(26)22-12-14-9-15(13-22)11-16(22)10-14/h2-6,14-16H,7-13H2,1H3,(H,23,26)/t14-,15+,16+,22-. The number of benzene rings is 1. The predicted octanol–water partition coefficient (Wildman–Crippen LogP) is 3.41. The van der Waals surface area contributed by atoms with Gasteiger partial charge in [-0.3, -0.25) is 9.59 Å². The molecule has 0 unspecified atom stereocenters. The molecule has 5 nitrogen and oxygen atoms in total. The Kier molecular flexibility index (Phi) is 3.90. The third kappa shape index (κ3) is 2.55. The molecule has 27 heavy (non-hydrogen) atoms. The van der Waals surface area contributed by atoms with Gasteiger partial charge in [0.05, 0.1) is 12.0 Å². The smallest absolute Gasteiger partial charge is 0.258 e. The zero-order valence-corrected chi connectivity index (χ0v) is 15.7. The molecule has 2 aromatic rings. The van der Waals surface area contributed by atoms with Crippen LogP contribution in [-0.2, 0) is 16.1 Å². The normalized spacial score (nSPS) is 30.9. The van der Waals surface area contributed by atoms with Crippen LogP contribution in [0.3, 0.4) is 0 Å². The van der Waals surface area contributed by atoms with E-state index in [4.69, 9.17) is 4.74 Å². The molecule has 0 radical (unpaired) electrons. The summed E-state index contributed by atoms with van der Waals surface area (Å²) in [4.78, 5) is 26.1. The Morgan fingerprint density at radius 3 is 2.70 bits per heavy atom. The van der Waals surface area contributed by atoms with E-state index in [2.05, 4.69) is 5.32 Å². The van der Waals surface area contributed by atoms with Crippen molar-refractivity contribution >= 4 is 22.4 Å². The van der Waals surface area contributed by atoms with Crippen molar-refractivity contribution in [1.29, 1.82) is 0 Å². The molecule has 0 spiro atoms. The largest absolute Gasteiger partial charge is 0.383 e. The zero-order valence-electron chi connectivity index (χ0n) is 15.7. The minimum Gasteiger partial charge on any atom is -0.383 e. The maximum absolute atomic E-state index is 13.3. The van der Waals surface area contributed by atoms with Crippen LogP contribution in [0, 0.1) is 23.2 Å². The van der Waals surface area contributed by atoms with E-state index >= 15 is 0 Å². The molecule has 0 aliphatic heterocycles. The fraction of sp³-hybridized carbons (Fsp3) is 0.545. The van der Waals surface area contributed by atoms with Crippen LogP contribution in [0.5, 0.6) is 0 Å². The zero-order chi connectivity index (χ0) is 18.6. The molecule has 1 aromatic heterocycles. The quantitative estimate of drug-likeness (QED) is 0.882. The summed E-state index contributed by atoms with van der Waals surface area (Å²) in [6.07, 6.45) is 7.66. The number of rotatable bonds is 5. The lowest BCUT2D eigenvalue weighted by Gasteiger charge is -2.31. The average Bonchev–Trinajstić information content (AvgIpc) is 3.07. The van der Waals surface area contributed by atoms with E-state index in [-0.39, 0.29) is 16.9 Å². The number of anilines is 1. The van der Waals surface area contributed by atoms with Crippen molar-refractivity contribution in [2.24, 2.45) is 23.2 Å². The van der Waals surface area contributed by atoms with Crippen LogP contribution >= 0.6 is 0 Å². The Morgan fingerprint density at radius 1 is 1.19 bits per heavy atom. The molecule has 4 saturated carbocycles. The highest BCUT2D eigenvalue weighted by molar-refractivity contribution is 6.04. The van der Waals surface area contributed by atoms with Gasteiger partial charge in [-0.25, -0.2) is 0 Å². The summed E-state index contributed by atoms with van der Waals surface area (Å²) in [6, 6.07) is 7.53. The molecule has 142 valence electrons. The Labute approximate surface area is 158 Å². The molecule has 6 rings (SSSR count). The second-order valence-corrected chi connectivity index (χ2v) is 8.73. The highest BCUT2D eigenvalue weighted by atomic mass is 16.5.